The Labute approximate surface area is 104 Å². The fourth-order valence-corrected chi connectivity index (χ4v) is 1.68. The SMILES string of the molecule is NCCCN(C=O)C(=O)c1ccn2cncc2c1. The highest BCUT2D eigenvalue weighted by Gasteiger charge is 2.14. The molecule has 6 nitrogen and oxygen atoms in total. The zero-order valence-corrected chi connectivity index (χ0v) is 9.82. The summed E-state index contributed by atoms with van der Waals surface area (Å²) in [5.74, 6) is -0.317. The van der Waals surface area contributed by atoms with E-state index in [-0.39, 0.29) is 5.91 Å². The Balaban J connectivity index is 2.22. The lowest BCUT2D eigenvalue weighted by molar-refractivity contribution is -0.116. The summed E-state index contributed by atoms with van der Waals surface area (Å²) in [6, 6.07) is 3.37. The van der Waals surface area contributed by atoms with Crippen LogP contribution in [-0.2, 0) is 4.79 Å². The van der Waals surface area contributed by atoms with Gasteiger partial charge in [0, 0.05) is 18.3 Å². The summed E-state index contributed by atoms with van der Waals surface area (Å²) in [7, 11) is 0. The quantitative estimate of drug-likeness (QED) is 0.768. The van der Waals surface area contributed by atoms with Crippen molar-refractivity contribution in [3.05, 3.63) is 36.4 Å². The number of hydrogen-bond acceptors (Lipinski definition) is 4. The molecule has 0 saturated heterocycles. The number of nitrogens with zero attached hydrogens (tertiary/aromatic N) is 3. The van der Waals surface area contributed by atoms with Crippen LogP contribution in [0.15, 0.2) is 30.9 Å². The molecule has 2 N–H and O–H groups in total. The zero-order chi connectivity index (χ0) is 13.0. The number of fused-ring (bicyclic) bond motifs is 1. The summed E-state index contributed by atoms with van der Waals surface area (Å²) >= 11 is 0. The molecule has 0 unspecified atom stereocenters. The Bertz CT molecular complexity index is 564. The third-order valence-electron chi connectivity index (χ3n) is 2.65. The number of amides is 2. The van der Waals surface area contributed by atoms with E-state index in [1.165, 1.54) is 0 Å². The van der Waals surface area contributed by atoms with Crippen LogP contribution in [0, 0.1) is 0 Å². The average molecular weight is 246 g/mol. The predicted molar refractivity (Wildman–Crippen MR) is 66.0 cm³/mol. The molecule has 0 spiro atoms. The number of imide groups is 1. The first-order valence-electron chi connectivity index (χ1n) is 5.64. The number of imidazole rings is 1. The van der Waals surface area contributed by atoms with Gasteiger partial charge in [-0.2, -0.15) is 0 Å². The molecule has 0 saturated carbocycles. The number of nitrogens with two attached hydrogens (primary N) is 1. The van der Waals surface area contributed by atoms with Crippen LogP contribution in [0.2, 0.25) is 0 Å². The van der Waals surface area contributed by atoms with Crippen LogP contribution in [0.1, 0.15) is 16.8 Å². The lowest BCUT2D eigenvalue weighted by atomic mass is 10.2. The largest absolute Gasteiger partial charge is 0.330 e. The minimum Gasteiger partial charge on any atom is -0.330 e. The van der Waals surface area contributed by atoms with Crippen LogP contribution in [0.4, 0.5) is 0 Å². The second kappa shape index (κ2) is 5.42. The molecule has 2 heterocycles. The molecule has 0 atom stereocenters. The van der Waals surface area contributed by atoms with Crippen molar-refractivity contribution in [3.63, 3.8) is 0 Å². The van der Waals surface area contributed by atoms with E-state index in [1.807, 2.05) is 0 Å². The van der Waals surface area contributed by atoms with Crippen LogP contribution in [0.5, 0.6) is 0 Å². The number of aromatic nitrogens is 2. The monoisotopic (exact) mass is 246 g/mol. The van der Waals surface area contributed by atoms with Gasteiger partial charge in [-0.05, 0) is 25.1 Å². The number of carbonyl (C=O) groups excluding carboxylic acids is 2. The normalized spacial score (nSPS) is 10.5. The van der Waals surface area contributed by atoms with Gasteiger partial charge >= 0.3 is 0 Å². The maximum absolute atomic E-state index is 12.1. The summed E-state index contributed by atoms with van der Waals surface area (Å²) in [6.45, 7) is 0.780. The second-order valence-corrected chi connectivity index (χ2v) is 3.89. The minimum absolute atomic E-state index is 0.317. The van der Waals surface area contributed by atoms with Crippen molar-refractivity contribution in [3.8, 4) is 0 Å². The van der Waals surface area contributed by atoms with Crippen LogP contribution in [-0.4, -0.2) is 39.7 Å². The van der Waals surface area contributed by atoms with Crippen LogP contribution < -0.4 is 5.73 Å². The van der Waals surface area contributed by atoms with E-state index in [0.29, 0.717) is 31.5 Å². The molecule has 2 amide bonds. The summed E-state index contributed by atoms with van der Waals surface area (Å²) < 4.78 is 1.79. The molecule has 0 radical (unpaired) electrons. The second-order valence-electron chi connectivity index (χ2n) is 3.89. The summed E-state index contributed by atoms with van der Waals surface area (Å²) in [6.07, 6.45) is 6.18. The van der Waals surface area contributed by atoms with Gasteiger partial charge in [0.2, 0.25) is 6.41 Å². The molecule has 18 heavy (non-hydrogen) atoms. The Morgan fingerprint density at radius 3 is 3.11 bits per heavy atom. The topological polar surface area (TPSA) is 80.7 Å². The van der Waals surface area contributed by atoms with Crippen molar-refractivity contribution in [2.45, 2.75) is 6.42 Å². The number of pyridine rings is 1. The standard InChI is InChI=1S/C12H14N4O2/c13-3-1-4-16(9-17)12(18)10-2-5-15-8-14-7-11(15)6-10/h2,5-9H,1,3-4,13H2. The van der Waals surface area contributed by atoms with E-state index in [2.05, 4.69) is 4.98 Å². The molecular formula is C12H14N4O2. The van der Waals surface area contributed by atoms with E-state index in [0.717, 1.165) is 10.4 Å². The Kier molecular flexibility index (Phi) is 3.69. The van der Waals surface area contributed by atoms with Crippen molar-refractivity contribution in [2.75, 3.05) is 13.1 Å². The molecule has 2 rings (SSSR count). The molecule has 0 aliphatic carbocycles. The predicted octanol–water partition coefficient (Wildman–Crippen LogP) is 0.282. The van der Waals surface area contributed by atoms with Gasteiger partial charge in [0.1, 0.15) is 0 Å². The molecule has 94 valence electrons. The number of carbonyl (C=O) groups is 2. The Morgan fingerprint density at radius 1 is 1.56 bits per heavy atom. The highest BCUT2D eigenvalue weighted by molar-refractivity contribution is 6.00. The van der Waals surface area contributed by atoms with Gasteiger partial charge in [-0.15, -0.1) is 0 Å². The average Bonchev–Trinajstić information content (AvgIpc) is 2.86. The summed E-state index contributed by atoms with van der Waals surface area (Å²) in [5.41, 5.74) is 6.64. The lowest BCUT2D eigenvalue weighted by Gasteiger charge is -2.14. The third-order valence-corrected chi connectivity index (χ3v) is 2.65. The van der Waals surface area contributed by atoms with Gasteiger partial charge in [0.15, 0.2) is 0 Å². The van der Waals surface area contributed by atoms with Gasteiger partial charge in [0.25, 0.3) is 5.91 Å². The molecule has 0 fully saturated rings. The lowest BCUT2D eigenvalue weighted by Crippen LogP contribution is -2.31. The van der Waals surface area contributed by atoms with Gasteiger partial charge < -0.3 is 10.1 Å². The van der Waals surface area contributed by atoms with Gasteiger partial charge in [0.05, 0.1) is 18.0 Å². The first kappa shape index (κ1) is 12.3. The first-order valence-corrected chi connectivity index (χ1v) is 5.64. The van der Waals surface area contributed by atoms with E-state index in [9.17, 15) is 9.59 Å². The molecule has 0 bridgehead atoms. The van der Waals surface area contributed by atoms with E-state index in [1.54, 1.807) is 35.3 Å². The first-order chi connectivity index (χ1) is 8.76. The van der Waals surface area contributed by atoms with Crippen LogP contribution in [0.3, 0.4) is 0 Å². The van der Waals surface area contributed by atoms with Crippen LogP contribution >= 0.6 is 0 Å². The third kappa shape index (κ3) is 2.38. The van der Waals surface area contributed by atoms with Gasteiger partial charge in [-0.25, -0.2) is 4.98 Å². The highest BCUT2D eigenvalue weighted by Crippen LogP contribution is 2.09. The summed E-state index contributed by atoms with van der Waals surface area (Å²) in [5, 5.41) is 0. The van der Waals surface area contributed by atoms with Gasteiger partial charge in [-0.3, -0.25) is 14.5 Å². The van der Waals surface area contributed by atoms with Crippen molar-refractivity contribution >= 4 is 17.8 Å². The van der Waals surface area contributed by atoms with E-state index >= 15 is 0 Å². The summed E-state index contributed by atoms with van der Waals surface area (Å²) in [4.78, 5) is 28.1. The maximum Gasteiger partial charge on any atom is 0.260 e. The Hall–Kier alpha value is -2.21. The number of rotatable bonds is 5. The molecule has 2 aromatic rings. The molecule has 0 aliphatic heterocycles. The molecule has 2 aromatic heterocycles. The van der Waals surface area contributed by atoms with Crippen molar-refractivity contribution in [1.82, 2.24) is 14.3 Å². The Morgan fingerprint density at radius 2 is 2.39 bits per heavy atom. The maximum atomic E-state index is 12.1. The minimum atomic E-state index is -0.317. The van der Waals surface area contributed by atoms with Crippen molar-refractivity contribution < 1.29 is 9.59 Å². The molecular weight excluding hydrogens is 232 g/mol. The highest BCUT2D eigenvalue weighted by atomic mass is 16.2. The molecule has 6 heteroatoms. The van der Waals surface area contributed by atoms with E-state index < -0.39 is 0 Å². The fraction of sp³-hybridized carbons (Fsp3) is 0.250. The number of hydrogen-bond donors (Lipinski definition) is 1. The van der Waals surface area contributed by atoms with Crippen molar-refractivity contribution in [2.24, 2.45) is 5.73 Å². The van der Waals surface area contributed by atoms with Crippen molar-refractivity contribution in [1.29, 1.82) is 0 Å². The smallest absolute Gasteiger partial charge is 0.260 e. The van der Waals surface area contributed by atoms with Crippen LogP contribution in [0.25, 0.3) is 5.52 Å². The molecule has 0 aromatic carbocycles. The molecule has 0 aliphatic rings. The van der Waals surface area contributed by atoms with Gasteiger partial charge in [-0.1, -0.05) is 0 Å². The zero-order valence-electron chi connectivity index (χ0n) is 9.82. The van der Waals surface area contributed by atoms with E-state index in [4.69, 9.17) is 5.73 Å². The fourth-order valence-electron chi connectivity index (χ4n) is 1.68.